The van der Waals surface area contributed by atoms with Gasteiger partial charge in [0, 0.05) is 31.2 Å². The summed E-state index contributed by atoms with van der Waals surface area (Å²) in [6.07, 6.45) is 4.03. The van der Waals surface area contributed by atoms with E-state index >= 15 is 0 Å². The molecule has 4 aliphatic rings. The minimum Gasteiger partial charge on any atom is -0.481 e. The maximum atomic E-state index is 12.5. The molecule has 0 aromatic heterocycles. The molecule has 3 fully saturated rings. The highest BCUT2D eigenvalue weighted by Crippen LogP contribution is 2.69. The third-order valence-corrected chi connectivity index (χ3v) is 8.78. The van der Waals surface area contributed by atoms with Crippen LogP contribution in [-0.4, -0.2) is 52.2 Å². The number of carboxylic acid groups (broad SMARTS) is 1. The van der Waals surface area contributed by atoms with Gasteiger partial charge in [-0.1, -0.05) is 42.5 Å². The van der Waals surface area contributed by atoms with E-state index in [2.05, 4.69) is 35.6 Å². The lowest BCUT2D eigenvalue weighted by Crippen LogP contribution is -2.47. The van der Waals surface area contributed by atoms with Crippen LogP contribution < -0.4 is 5.32 Å². The van der Waals surface area contributed by atoms with Crippen molar-refractivity contribution in [2.24, 2.45) is 5.41 Å². The number of carbonyl (C=O) groups excluding carboxylic acids is 1. The number of carbonyl (C=O) groups is 2. The predicted molar refractivity (Wildman–Crippen MR) is 124 cm³/mol. The molecule has 1 spiro atoms. The molecule has 0 bridgehead atoms. The van der Waals surface area contributed by atoms with Gasteiger partial charge in [-0.05, 0) is 66.7 Å². The molecule has 2 heterocycles. The van der Waals surface area contributed by atoms with Gasteiger partial charge in [0.2, 0.25) is 0 Å². The fourth-order valence-electron chi connectivity index (χ4n) is 6.38. The maximum absolute atomic E-state index is 12.5. The number of hydrogen-bond donors (Lipinski definition) is 3. The van der Waals surface area contributed by atoms with E-state index in [-0.39, 0.29) is 11.3 Å². The second-order valence-electron chi connectivity index (χ2n) is 10.6. The number of aliphatic hydroxyl groups is 1. The molecule has 2 aliphatic carbocycles. The van der Waals surface area contributed by atoms with Crippen LogP contribution in [0.4, 0.5) is 5.69 Å². The molecule has 1 amide bonds. The highest BCUT2D eigenvalue weighted by atomic mass is 16.4. The summed E-state index contributed by atoms with van der Waals surface area (Å²) in [5.74, 6) is -0.569. The van der Waals surface area contributed by atoms with E-state index in [0.29, 0.717) is 51.1 Å². The van der Waals surface area contributed by atoms with E-state index in [1.54, 1.807) is 4.90 Å². The zero-order valence-electron chi connectivity index (χ0n) is 18.7. The molecule has 172 valence electrons. The molecule has 2 saturated carbocycles. The summed E-state index contributed by atoms with van der Waals surface area (Å²) in [5.41, 5.74) is 2.32. The summed E-state index contributed by atoms with van der Waals surface area (Å²) in [6, 6.07) is 16.6. The van der Waals surface area contributed by atoms with E-state index in [0.717, 1.165) is 18.5 Å². The van der Waals surface area contributed by atoms with Crippen LogP contribution >= 0.6 is 0 Å². The second kappa shape index (κ2) is 7.07. The summed E-state index contributed by atoms with van der Waals surface area (Å²) in [7, 11) is 0. The quantitative estimate of drug-likeness (QED) is 0.671. The van der Waals surface area contributed by atoms with Crippen molar-refractivity contribution in [3.8, 4) is 0 Å². The number of anilines is 1. The number of benzene rings is 2. The fourth-order valence-corrected chi connectivity index (χ4v) is 6.38. The summed E-state index contributed by atoms with van der Waals surface area (Å²) in [5, 5.41) is 24.0. The van der Waals surface area contributed by atoms with E-state index in [4.69, 9.17) is 0 Å². The molecular weight excluding hydrogens is 416 g/mol. The van der Waals surface area contributed by atoms with Crippen molar-refractivity contribution in [1.29, 1.82) is 0 Å². The Morgan fingerprint density at radius 2 is 1.67 bits per heavy atom. The lowest BCUT2D eigenvalue weighted by atomic mass is 9.79. The number of carboxylic acids is 1. The van der Waals surface area contributed by atoms with Crippen LogP contribution in [0.5, 0.6) is 0 Å². The standard InChI is InChI=1S/C27H30N2O4/c30-23(26(33)9-10-26)29-13-11-25(12-14-29)17-27(25,24(31)32)21-7-5-18(6-8-21)20-15-19-3-1-2-4-22(19)28-16-20/h1-8,20,28,33H,9-17H2,(H,31,32)/t20?,27-/m1/s1. The third kappa shape index (κ3) is 3.11. The maximum Gasteiger partial charge on any atom is 0.314 e. The molecule has 2 atom stereocenters. The Morgan fingerprint density at radius 3 is 2.33 bits per heavy atom. The van der Waals surface area contributed by atoms with E-state index in [9.17, 15) is 19.8 Å². The number of aliphatic carboxylic acids is 1. The predicted octanol–water partition coefficient (Wildman–Crippen LogP) is 3.30. The minimum absolute atomic E-state index is 0.175. The van der Waals surface area contributed by atoms with Crippen LogP contribution in [0.1, 0.15) is 54.7 Å². The summed E-state index contributed by atoms with van der Waals surface area (Å²) in [4.78, 5) is 26.8. The normalized spacial score (nSPS) is 28.5. The van der Waals surface area contributed by atoms with Crippen molar-refractivity contribution in [2.75, 3.05) is 25.0 Å². The van der Waals surface area contributed by atoms with Crippen LogP contribution in [0.15, 0.2) is 48.5 Å². The van der Waals surface area contributed by atoms with Crippen LogP contribution in [0.2, 0.25) is 0 Å². The molecule has 6 heteroatoms. The summed E-state index contributed by atoms with van der Waals surface area (Å²) in [6.45, 7) is 1.93. The first-order valence-electron chi connectivity index (χ1n) is 12.0. The Morgan fingerprint density at radius 1 is 0.970 bits per heavy atom. The minimum atomic E-state index is -1.15. The second-order valence-corrected chi connectivity index (χ2v) is 10.6. The number of likely N-dealkylation sites (tertiary alicyclic amines) is 1. The number of hydrogen-bond acceptors (Lipinski definition) is 4. The van der Waals surface area contributed by atoms with Gasteiger partial charge in [0.1, 0.15) is 5.60 Å². The zero-order valence-corrected chi connectivity index (χ0v) is 18.7. The molecule has 6 rings (SSSR count). The number of rotatable bonds is 4. The van der Waals surface area contributed by atoms with Gasteiger partial charge in [-0.2, -0.15) is 0 Å². The molecular formula is C27H30N2O4. The molecule has 1 unspecified atom stereocenters. The van der Waals surface area contributed by atoms with E-state index < -0.39 is 17.0 Å². The smallest absolute Gasteiger partial charge is 0.314 e. The zero-order chi connectivity index (χ0) is 22.8. The molecule has 2 aliphatic heterocycles. The van der Waals surface area contributed by atoms with Crippen molar-refractivity contribution < 1.29 is 19.8 Å². The number of nitrogens with one attached hydrogen (secondary N) is 1. The highest BCUT2D eigenvalue weighted by Gasteiger charge is 2.73. The lowest BCUT2D eigenvalue weighted by Gasteiger charge is -2.36. The van der Waals surface area contributed by atoms with Crippen molar-refractivity contribution in [3.05, 3.63) is 65.2 Å². The molecule has 2 aromatic rings. The monoisotopic (exact) mass is 446 g/mol. The Balaban J connectivity index is 1.19. The van der Waals surface area contributed by atoms with Gasteiger partial charge in [-0.15, -0.1) is 0 Å². The molecule has 3 N–H and O–H groups in total. The van der Waals surface area contributed by atoms with Crippen molar-refractivity contribution in [2.45, 2.75) is 55.5 Å². The van der Waals surface area contributed by atoms with Gasteiger partial charge in [-0.25, -0.2) is 0 Å². The van der Waals surface area contributed by atoms with Gasteiger partial charge in [0.25, 0.3) is 5.91 Å². The first-order chi connectivity index (χ1) is 15.9. The molecule has 0 radical (unpaired) electrons. The van der Waals surface area contributed by atoms with Gasteiger partial charge in [-0.3, -0.25) is 9.59 Å². The largest absolute Gasteiger partial charge is 0.481 e. The molecule has 2 aromatic carbocycles. The molecule has 33 heavy (non-hydrogen) atoms. The molecule has 1 saturated heterocycles. The Labute approximate surface area is 193 Å². The Bertz CT molecular complexity index is 1120. The summed E-state index contributed by atoms with van der Waals surface area (Å²) >= 11 is 0. The van der Waals surface area contributed by atoms with Crippen LogP contribution in [-0.2, 0) is 21.4 Å². The van der Waals surface area contributed by atoms with E-state index in [1.165, 1.54) is 16.8 Å². The average Bonchev–Trinajstić information content (AvgIpc) is 3.75. The van der Waals surface area contributed by atoms with Crippen LogP contribution in [0, 0.1) is 5.41 Å². The highest BCUT2D eigenvalue weighted by molar-refractivity contribution is 5.89. The third-order valence-electron chi connectivity index (χ3n) is 8.78. The number of para-hydroxylation sites is 1. The lowest BCUT2D eigenvalue weighted by molar-refractivity contribution is -0.145. The topological polar surface area (TPSA) is 89.9 Å². The number of fused-ring (bicyclic) bond motifs is 1. The Hall–Kier alpha value is -2.86. The van der Waals surface area contributed by atoms with Gasteiger partial charge in [0.15, 0.2) is 0 Å². The first kappa shape index (κ1) is 20.7. The number of piperidine rings is 1. The van der Waals surface area contributed by atoms with Crippen molar-refractivity contribution in [1.82, 2.24) is 4.90 Å². The summed E-state index contributed by atoms with van der Waals surface area (Å²) < 4.78 is 0. The van der Waals surface area contributed by atoms with Crippen LogP contribution in [0.3, 0.4) is 0 Å². The Kier molecular flexibility index (Phi) is 4.44. The number of nitrogens with zero attached hydrogens (tertiary/aromatic N) is 1. The first-order valence-corrected chi connectivity index (χ1v) is 12.0. The van der Waals surface area contributed by atoms with Crippen LogP contribution in [0.25, 0.3) is 0 Å². The van der Waals surface area contributed by atoms with Gasteiger partial charge in [0.05, 0.1) is 5.41 Å². The SMILES string of the molecule is O=C(N1CCC2(CC1)C[C@]2(C(=O)O)c1ccc(C2CNc3ccccc3C2)cc1)C1(O)CC1. The fraction of sp³-hybridized carbons (Fsp3) is 0.481. The number of amides is 1. The average molecular weight is 447 g/mol. The van der Waals surface area contributed by atoms with Crippen molar-refractivity contribution in [3.63, 3.8) is 0 Å². The van der Waals surface area contributed by atoms with Gasteiger partial charge >= 0.3 is 5.97 Å². The van der Waals surface area contributed by atoms with Gasteiger partial charge < -0.3 is 20.4 Å². The van der Waals surface area contributed by atoms with Crippen molar-refractivity contribution >= 4 is 17.6 Å². The van der Waals surface area contributed by atoms with E-state index in [1.807, 2.05) is 18.2 Å². The molecule has 6 nitrogen and oxygen atoms in total.